The lowest BCUT2D eigenvalue weighted by atomic mass is 10.2. The van der Waals surface area contributed by atoms with Crippen molar-refractivity contribution in [2.45, 2.75) is 32.9 Å². The predicted molar refractivity (Wildman–Crippen MR) is 71.8 cm³/mol. The number of piperazine rings is 1. The van der Waals surface area contributed by atoms with Crippen molar-refractivity contribution in [2.24, 2.45) is 0 Å². The third kappa shape index (κ3) is 4.28. The summed E-state index contributed by atoms with van der Waals surface area (Å²) in [5.41, 5.74) is 0.746. The Balaban J connectivity index is 1.77. The predicted octanol–water partition coefficient (Wildman–Crippen LogP) is 2.33. The van der Waals surface area contributed by atoms with Crippen LogP contribution in [0.3, 0.4) is 0 Å². The Morgan fingerprint density at radius 1 is 1.32 bits per heavy atom. The molecule has 0 radical (unpaired) electrons. The van der Waals surface area contributed by atoms with Gasteiger partial charge in [-0.3, -0.25) is 4.90 Å². The van der Waals surface area contributed by atoms with E-state index in [1.165, 1.54) is 5.56 Å². The lowest BCUT2D eigenvalue weighted by Crippen LogP contribution is -2.49. The van der Waals surface area contributed by atoms with Crippen molar-refractivity contribution in [3.8, 4) is 0 Å². The first-order chi connectivity index (χ1) is 8.94. The van der Waals surface area contributed by atoms with Gasteiger partial charge in [0.15, 0.2) is 0 Å². The standard InChI is InChI=1S/C14H22N2O3/c1-14(2,3)19-13(17)16-7-5-15(6-8-16)10-12-4-9-18-11-12/h4,9,11H,5-8,10H2,1-3H3. The Morgan fingerprint density at radius 3 is 2.53 bits per heavy atom. The van der Waals surface area contributed by atoms with Gasteiger partial charge < -0.3 is 14.1 Å². The molecule has 0 spiro atoms. The van der Waals surface area contributed by atoms with E-state index >= 15 is 0 Å². The van der Waals surface area contributed by atoms with Gasteiger partial charge in [-0.1, -0.05) is 0 Å². The van der Waals surface area contributed by atoms with Gasteiger partial charge in [-0.2, -0.15) is 0 Å². The van der Waals surface area contributed by atoms with Gasteiger partial charge in [-0.15, -0.1) is 0 Å². The van der Waals surface area contributed by atoms with Gasteiger partial charge in [-0.25, -0.2) is 4.79 Å². The Bertz CT molecular complexity index is 401. The van der Waals surface area contributed by atoms with E-state index in [9.17, 15) is 4.79 Å². The molecule has 0 atom stereocenters. The normalized spacial score (nSPS) is 17.5. The van der Waals surface area contributed by atoms with Crippen molar-refractivity contribution in [2.75, 3.05) is 26.2 Å². The fraction of sp³-hybridized carbons (Fsp3) is 0.643. The molecule has 5 heteroatoms. The van der Waals surface area contributed by atoms with Crippen molar-refractivity contribution < 1.29 is 13.9 Å². The molecule has 0 aliphatic carbocycles. The highest BCUT2D eigenvalue weighted by molar-refractivity contribution is 5.68. The molecule has 1 aromatic heterocycles. The molecule has 0 unspecified atom stereocenters. The molecule has 2 rings (SSSR count). The monoisotopic (exact) mass is 266 g/mol. The molecule has 1 amide bonds. The number of hydrogen-bond acceptors (Lipinski definition) is 4. The van der Waals surface area contributed by atoms with Crippen molar-refractivity contribution in [3.05, 3.63) is 24.2 Å². The van der Waals surface area contributed by atoms with E-state index in [1.54, 1.807) is 17.4 Å². The van der Waals surface area contributed by atoms with Gasteiger partial charge in [0.2, 0.25) is 0 Å². The summed E-state index contributed by atoms with van der Waals surface area (Å²) in [6, 6.07) is 1.97. The van der Waals surface area contributed by atoms with Crippen LogP contribution in [0.4, 0.5) is 4.79 Å². The molecule has 1 saturated heterocycles. The highest BCUT2D eigenvalue weighted by Crippen LogP contribution is 2.13. The van der Waals surface area contributed by atoms with Gasteiger partial charge in [0.1, 0.15) is 5.60 Å². The van der Waals surface area contributed by atoms with Crippen LogP contribution in [0.2, 0.25) is 0 Å². The molecule has 0 bridgehead atoms. The Morgan fingerprint density at radius 2 is 2.00 bits per heavy atom. The number of nitrogens with zero attached hydrogens (tertiary/aromatic N) is 2. The molecule has 1 aromatic rings. The highest BCUT2D eigenvalue weighted by Gasteiger charge is 2.25. The van der Waals surface area contributed by atoms with Gasteiger partial charge in [0.25, 0.3) is 0 Å². The summed E-state index contributed by atoms with van der Waals surface area (Å²) in [4.78, 5) is 16.0. The van der Waals surface area contributed by atoms with E-state index in [0.29, 0.717) is 13.1 Å². The van der Waals surface area contributed by atoms with Gasteiger partial charge >= 0.3 is 6.09 Å². The number of carbonyl (C=O) groups excluding carboxylic acids is 1. The Labute approximate surface area is 114 Å². The van der Waals surface area contributed by atoms with Crippen LogP contribution in [0.5, 0.6) is 0 Å². The summed E-state index contributed by atoms with van der Waals surface area (Å²) in [5, 5.41) is 0. The Kier molecular flexibility index (Phi) is 4.14. The van der Waals surface area contributed by atoms with Crippen molar-refractivity contribution >= 4 is 6.09 Å². The maximum Gasteiger partial charge on any atom is 0.410 e. The largest absolute Gasteiger partial charge is 0.472 e. The molecular formula is C14H22N2O3. The zero-order valence-electron chi connectivity index (χ0n) is 11.9. The topological polar surface area (TPSA) is 45.9 Å². The zero-order chi connectivity index (χ0) is 13.9. The number of amides is 1. The van der Waals surface area contributed by atoms with E-state index in [1.807, 2.05) is 26.8 Å². The maximum absolute atomic E-state index is 11.9. The van der Waals surface area contributed by atoms with Crippen molar-refractivity contribution in [1.82, 2.24) is 9.80 Å². The van der Waals surface area contributed by atoms with Gasteiger partial charge in [0, 0.05) is 38.3 Å². The Hall–Kier alpha value is -1.49. The van der Waals surface area contributed by atoms with Gasteiger partial charge in [-0.05, 0) is 26.8 Å². The molecule has 1 aliphatic rings. The third-order valence-electron chi connectivity index (χ3n) is 3.01. The molecule has 1 fully saturated rings. The zero-order valence-corrected chi connectivity index (χ0v) is 11.9. The summed E-state index contributed by atoms with van der Waals surface area (Å²) in [6.07, 6.45) is 3.24. The van der Waals surface area contributed by atoms with Crippen molar-refractivity contribution in [3.63, 3.8) is 0 Å². The second-order valence-electron chi connectivity index (χ2n) is 5.88. The number of hydrogen-bond donors (Lipinski definition) is 0. The minimum atomic E-state index is -0.426. The maximum atomic E-state index is 11.9. The van der Waals surface area contributed by atoms with Crippen LogP contribution < -0.4 is 0 Å². The number of furan rings is 1. The summed E-state index contributed by atoms with van der Waals surface area (Å²) >= 11 is 0. The van der Waals surface area contributed by atoms with Crippen LogP contribution in [0.25, 0.3) is 0 Å². The lowest BCUT2D eigenvalue weighted by molar-refractivity contribution is 0.0139. The molecular weight excluding hydrogens is 244 g/mol. The van der Waals surface area contributed by atoms with Gasteiger partial charge in [0.05, 0.1) is 12.5 Å². The minimum Gasteiger partial charge on any atom is -0.472 e. The number of rotatable bonds is 2. The fourth-order valence-electron chi connectivity index (χ4n) is 2.06. The molecule has 106 valence electrons. The van der Waals surface area contributed by atoms with Crippen LogP contribution in [-0.4, -0.2) is 47.7 Å². The second kappa shape index (κ2) is 5.65. The van der Waals surface area contributed by atoms with E-state index in [0.717, 1.165) is 19.6 Å². The second-order valence-corrected chi connectivity index (χ2v) is 5.88. The van der Waals surface area contributed by atoms with Crippen LogP contribution >= 0.6 is 0 Å². The molecule has 5 nitrogen and oxygen atoms in total. The van der Waals surface area contributed by atoms with Crippen LogP contribution in [0, 0.1) is 0 Å². The van der Waals surface area contributed by atoms with Crippen LogP contribution in [0.15, 0.2) is 23.0 Å². The lowest BCUT2D eigenvalue weighted by Gasteiger charge is -2.35. The van der Waals surface area contributed by atoms with E-state index < -0.39 is 5.60 Å². The van der Waals surface area contributed by atoms with E-state index in [-0.39, 0.29) is 6.09 Å². The summed E-state index contributed by atoms with van der Waals surface area (Å²) < 4.78 is 10.4. The number of carbonyl (C=O) groups is 1. The molecule has 1 aliphatic heterocycles. The fourth-order valence-corrected chi connectivity index (χ4v) is 2.06. The average Bonchev–Trinajstić information content (AvgIpc) is 2.80. The average molecular weight is 266 g/mol. The summed E-state index contributed by atoms with van der Waals surface area (Å²) in [6.45, 7) is 9.70. The van der Waals surface area contributed by atoms with E-state index in [4.69, 9.17) is 9.15 Å². The first-order valence-corrected chi connectivity index (χ1v) is 6.65. The molecule has 0 N–H and O–H groups in total. The first kappa shape index (κ1) is 13.9. The third-order valence-corrected chi connectivity index (χ3v) is 3.01. The van der Waals surface area contributed by atoms with Crippen molar-refractivity contribution in [1.29, 1.82) is 0 Å². The summed E-state index contributed by atoms with van der Waals surface area (Å²) in [7, 11) is 0. The number of ether oxygens (including phenoxy) is 1. The van der Waals surface area contributed by atoms with Crippen LogP contribution in [0.1, 0.15) is 26.3 Å². The quantitative estimate of drug-likeness (QED) is 0.824. The first-order valence-electron chi connectivity index (χ1n) is 6.65. The minimum absolute atomic E-state index is 0.213. The molecule has 0 aromatic carbocycles. The highest BCUT2D eigenvalue weighted by atomic mass is 16.6. The summed E-state index contributed by atoms with van der Waals surface area (Å²) in [5.74, 6) is 0. The van der Waals surface area contributed by atoms with E-state index in [2.05, 4.69) is 4.90 Å². The smallest absolute Gasteiger partial charge is 0.410 e. The SMILES string of the molecule is CC(C)(C)OC(=O)N1CCN(Cc2ccoc2)CC1. The van der Waals surface area contributed by atoms with Crippen LogP contribution in [-0.2, 0) is 11.3 Å². The molecule has 0 saturated carbocycles. The molecule has 2 heterocycles. The molecule has 19 heavy (non-hydrogen) atoms.